The second-order valence-electron chi connectivity index (χ2n) is 4.49. The Morgan fingerprint density at radius 3 is 2.45 bits per heavy atom. The molecule has 8 heteroatoms. The van der Waals surface area contributed by atoms with Crippen LogP contribution in [0.15, 0.2) is 24.3 Å². The zero-order valence-electron chi connectivity index (χ0n) is 10.7. The molecular weight excluding hydrogens is 266 g/mol. The van der Waals surface area contributed by atoms with Gasteiger partial charge in [0.1, 0.15) is 6.04 Å². The van der Waals surface area contributed by atoms with Crippen LogP contribution in [0.4, 0.5) is 10.5 Å². The third kappa shape index (κ3) is 2.40. The summed E-state index contributed by atoms with van der Waals surface area (Å²) in [6, 6.07) is 4.40. The molecule has 1 aromatic rings. The van der Waals surface area contributed by atoms with Crippen LogP contribution >= 0.6 is 0 Å². The first-order valence-electron chi connectivity index (χ1n) is 5.90. The highest BCUT2D eigenvalue weighted by Gasteiger charge is 2.37. The number of nitro benzene ring substituents is 1. The van der Waals surface area contributed by atoms with Crippen LogP contribution in [-0.2, 0) is 4.79 Å². The summed E-state index contributed by atoms with van der Waals surface area (Å²) < 4.78 is 0. The molecule has 1 unspecified atom stereocenters. The van der Waals surface area contributed by atoms with Gasteiger partial charge in [0.15, 0.2) is 0 Å². The maximum atomic E-state index is 12.1. The predicted octanol–water partition coefficient (Wildman–Crippen LogP) is 1.09. The van der Waals surface area contributed by atoms with E-state index in [-0.39, 0.29) is 18.1 Å². The summed E-state index contributed by atoms with van der Waals surface area (Å²) in [5.74, 6) is -0.340. The molecule has 1 fully saturated rings. The predicted molar refractivity (Wildman–Crippen MR) is 68.2 cm³/mol. The van der Waals surface area contributed by atoms with Gasteiger partial charge < -0.3 is 10.0 Å². The Kier molecular flexibility index (Phi) is 3.55. The number of likely N-dealkylation sites (N-methyl/N-ethyl adjacent to an activating group) is 1. The molecule has 1 N–H and O–H groups in total. The van der Waals surface area contributed by atoms with Crippen molar-refractivity contribution in [2.45, 2.75) is 6.04 Å². The molecule has 0 bridgehead atoms. The van der Waals surface area contributed by atoms with E-state index >= 15 is 0 Å². The van der Waals surface area contributed by atoms with E-state index in [9.17, 15) is 19.7 Å². The number of amides is 2. The summed E-state index contributed by atoms with van der Waals surface area (Å²) in [7, 11) is 1.60. The van der Waals surface area contributed by atoms with Gasteiger partial charge in [0, 0.05) is 32.3 Å². The van der Waals surface area contributed by atoms with E-state index in [2.05, 4.69) is 0 Å². The molecular formula is C12H13N3O5. The van der Waals surface area contributed by atoms with Crippen molar-refractivity contribution in [2.24, 2.45) is 0 Å². The van der Waals surface area contributed by atoms with Crippen molar-refractivity contribution in [1.29, 1.82) is 0 Å². The van der Waals surface area contributed by atoms with Gasteiger partial charge in [-0.2, -0.15) is 0 Å². The molecule has 106 valence electrons. The lowest BCUT2D eigenvalue weighted by molar-refractivity contribution is -0.384. The number of nitrogens with zero attached hydrogens (tertiary/aromatic N) is 3. The Morgan fingerprint density at radius 1 is 1.35 bits per heavy atom. The number of hydrogen-bond acceptors (Lipinski definition) is 4. The quantitative estimate of drug-likeness (QED) is 0.644. The summed E-state index contributed by atoms with van der Waals surface area (Å²) in [4.78, 5) is 35.9. The normalized spacial score (nSPS) is 19.1. The molecule has 1 heterocycles. The minimum Gasteiger partial charge on any atom is -0.465 e. The van der Waals surface area contributed by atoms with Gasteiger partial charge in [0.05, 0.1) is 4.92 Å². The zero-order chi connectivity index (χ0) is 14.9. The molecule has 1 aliphatic rings. The lowest BCUT2D eigenvalue weighted by Crippen LogP contribution is -2.52. The highest BCUT2D eigenvalue weighted by Crippen LogP contribution is 2.27. The fourth-order valence-electron chi connectivity index (χ4n) is 2.15. The van der Waals surface area contributed by atoms with Crippen LogP contribution in [0.25, 0.3) is 0 Å². The lowest BCUT2D eigenvalue weighted by Gasteiger charge is -2.37. The number of nitro groups is 1. The van der Waals surface area contributed by atoms with E-state index in [1.807, 2.05) is 0 Å². The van der Waals surface area contributed by atoms with Crippen LogP contribution in [0.3, 0.4) is 0 Å². The van der Waals surface area contributed by atoms with Gasteiger partial charge >= 0.3 is 6.09 Å². The summed E-state index contributed by atoms with van der Waals surface area (Å²) in [6.45, 7) is 0.536. The van der Waals surface area contributed by atoms with Crippen molar-refractivity contribution in [3.63, 3.8) is 0 Å². The first kappa shape index (κ1) is 13.8. The van der Waals surface area contributed by atoms with Crippen LogP contribution in [0.1, 0.15) is 11.6 Å². The third-order valence-electron chi connectivity index (χ3n) is 3.26. The van der Waals surface area contributed by atoms with Crippen molar-refractivity contribution >= 4 is 17.7 Å². The Labute approximate surface area is 114 Å². The molecule has 0 spiro atoms. The minimum atomic E-state index is -1.19. The summed E-state index contributed by atoms with van der Waals surface area (Å²) in [5, 5.41) is 19.8. The third-order valence-corrected chi connectivity index (χ3v) is 3.26. The van der Waals surface area contributed by atoms with Crippen molar-refractivity contribution in [1.82, 2.24) is 9.80 Å². The van der Waals surface area contributed by atoms with Crippen LogP contribution < -0.4 is 0 Å². The van der Waals surface area contributed by atoms with Gasteiger partial charge in [-0.15, -0.1) is 0 Å². The zero-order valence-corrected chi connectivity index (χ0v) is 10.7. The molecule has 0 aromatic heterocycles. The highest BCUT2D eigenvalue weighted by molar-refractivity contribution is 5.87. The Morgan fingerprint density at radius 2 is 1.95 bits per heavy atom. The van der Waals surface area contributed by atoms with E-state index in [0.717, 1.165) is 4.90 Å². The first-order chi connectivity index (χ1) is 9.41. The molecule has 0 aliphatic carbocycles. The number of piperazine rings is 1. The fraction of sp³-hybridized carbons (Fsp3) is 0.333. The standard InChI is InChI=1S/C12H13N3O5/c1-13-6-7-14(12(17)18)10(11(13)16)8-2-4-9(5-3-8)15(19)20/h2-5,10H,6-7H2,1H3,(H,17,18). The molecule has 8 nitrogen and oxygen atoms in total. The number of carbonyl (C=O) groups excluding carboxylic acids is 1. The van der Waals surface area contributed by atoms with Gasteiger partial charge in [-0.25, -0.2) is 4.79 Å². The molecule has 0 saturated carbocycles. The largest absolute Gasteiger partial charge is 0.465 e. The SMILES string of the molecule is CN1CCN(C(=O)O)C(c2ccc([N+](=O)[O-])cc2)C1=O. The second-order valence-corrected chi connectivity index (χ2v) is 4.49. The summed E-state index contributed by atoms with van der Waals surface area (Å²) in [5.41, 5.74) is 0.321. The smallest absolute Gasteiger partial charge is 0.408 e. The van der Waals surface area contributed by atoms with Crippen LogP contribution in [0, 0.1) is 10.1 Å². The number of hydrogen-bond donors (Lipinski definition) is 1. The van der Waals surface area contributed by atoms with Crippen molar-refractivity contribution in [3.05, 3.63) is 39.9 Å². The van der Waals surface area contributed by atoms with Gasteiger partial charge in [0.2, 0.25) is 5.91 Å². The van der Waals surface area contributed by atoms with E-state index in [1.165, 1.54) is 29.2 Å². The van der Waals surface area contributed by atoms with E-state index in [1.54, 1.807) is 7.05 Å². The van der Waals surface area contributed by atoms with E-state index in [4.69, 9.17) is 5.11 Å². The van der Waals surface area contributed by atoms with E-state index < -0.39 is 17.1 Å². The average molecular weight is 279 g/mol. The number of benzene rings is 1. The first-order valence-corrected chi connectivity index (χ1v) is 5.90. The molecule has 20 heavy (non-hydrogen) atoms. The van der Waals surface area contributed by atoms with Gasteiger partial charge in [-0.05, 0) is 17.7 Å². The Hall–Kier alpha value is -2.64. The molecule has 2 amide bonds. The van der Waals surface area contributed by atoms with Crippen molar-refractivity contribution < 1.29 is 19.6 Å². The number of carbonyl (C=O) groups is 2. The maximum Gasteiger partial charge on any atom is 0.408 e. The van der Waals surface area contributed by atoms with Gasteiger partial charge in [0.25, 0.3) is 5.69 Å². The average Bonchev–Trinajstić information content (AvgIpc) is 2.41. The van der Waals surface area contributed by atoms with Gasteiger partial charge in [-0.3, -0.25) is 19.8 Å². The van der Waals surface area contributed by atoms with Crippen LogP contribution in [0.2, 0.25) is 0 Å². The number of rotatable bonds is 2. The lowest BCUT2D eigenvalue weighted by atomic mass is 10.0. The fourth-order valence-corrected chi connectivity index (χ4v) is 2.15. The molecule has 1 aliphatic heterocycles. The molecule has 1 atom stereocenters. The van der Waals surface area contributed by atoms with Crippen molar-refractivity contribution in [2.75, 3.05) is 20.1 Å². The summed E-state index contributed by atoms with van der Waals surface area (Å²) >= 11 is 0. The Balaban J connectivity index is 2.37. The minimum absolute atomic E-state index is 0.104. The second kappa shape index (κ2) is 5.16. The van der Waals surface area contributed by atoms with Crippen LogP contribution in [0.5, 0.6) is 0 Å². The Bertz CT molecular complexity index is 557. The number of non-ortho nitro benzene ring substituents is 1. The van der Waals surface area contributed by atoms with Crippen LogP contribution in [-0.4, -0.2) is 52.0 Å². The van der Waals surface area contributed by atoms with Gasteiger partial charge in [-0.1, -0.05) is 0 Å². The summed E-state index contributed by atoms with van der Waals surface area (Å²) in [6.07, 6.45) is -1.19. The molecule has 1 aromatic carbocycles. The molecule has 1 saturated heterocycles. The van der Waals surface area contributed by atoms with Crippen molar-refractivity contribution in [3.8, 4) is 0 Å². The molecule has 2 rings (SSSR count). The molecule has 0 radical (unpaired) electrons. The monoisotopic (exact) mass is 279 g/mol. The highest BCUT2D eigenvalue weighted by atomic mass is 16.6. The van der Waals surface area contributed by atoms with E-state index in [0.29, 0.717) is 12.1 Å². The maximum absolute atomic E-state index is 12.1. The topological polar surface area (TPSA) is 104 Å². The number of carboxylic acid groups (broad SMARTS) is 1.